The third kappa shape index (κ3) is 5.03. The third-order valence-corrected chi connectivity index (χ3v) is 5.43. The van der Waals surface area contributed by atoms with Crippen LogP contribution < -0.4 is 5.32 Å². The van der Waals surface area contributed by atoms with Gasteiger partial charge in [-0.2, -0.15) is 5.10 Å². The second-order valence-electron chi connectivity index (χ2n) is 6.91. The van der Waals surface area contributed by atoms with E-state index in [-0.39, 0.29) is 17.3 Å². The number of benzene rings is 2. The molecule has 9 nitrogen and oxygen atoms in total. The lowest BCUT2D eigenvalue weighted by atomic mass is 10.2. The number of hydrogen-bond donors (Lipinski definition) is 1. The second kappa shape index (κ2) is 9.48. The van der Waals surface area contributed by atoms with Gasteiger partial charge in [-0.25, -0.2) is 9.67 Å². The van der Waals surface area contributed by atoms with Gasteiger partial charge in [-0.1, -0.05) is 18.2 Å². The van der Waals surface area contributed by atoms with Crippen molar-refractivity contribution >= 4 is 29.2 Å². The number of hydrogen-bond acceptors (Lipinski definition) is 7. The van der Waals surface area contributed by atoms with Gasteiger partial charge < -0.3 is 9.73 Å². The Morgan fingerprint density at radius 2 is 1.94 bits per heavy atom. The van der Waals surface area contributed by atoms with Gasteiger partial charge >= 0.3 is 0 Å². The summed E-state index contributed by atoms with van der Waals surface area (Å²) in [5.74, 6) is 1.61. The van der Waals surface area contributed by atoms with Gasteiger partial charge in [0.25, 0.3) is 5.69 Å². The first kappa shape index (κ1) is 21.3. The fourth-order valence-electron chi connectivity index (χ4n) is 3.01. The first-order valence-electron chi connectivity index (χ1n) is 9.68. The van der Waals surface area contributed by atoms with Crippen LogP contribution in [-0.2, 0) is 10.5 Å². The highest BCUT2D eigenvalue weighted by atomic mass is 32.2. The van der Waals surface area contributed by atoms with Gasteiger partial charge in [0.15, 0.2) is 0 Å². The van der Waals surface area contributed by atoms with Crippen molar-refractivity contribution in [3.63, 3.8) is 0 Å². The Balaban J connectivity index is 1.35. The summed E-state index contributed by atoms with van der Waals surface area (Å²) < 4.78 is 7.06. The fourth-order valence-corrected chi connectivity index (χ4v) is 3.72. The highest BCUT2D eigenvalue weighted by Crippen LogP contribution is 2.22. The minimum absolute atomic E-state index is 0.0112. The molecule has 0 aliphatic carbocycles. The van der Waals surface area contributed by atoms with Crippen LogP contribution in [0.15, 0.2) is 71.3 Å². The number of amides is 1. The first-order valence-corrected chi connectivity index (χ1v) is 10.8. The van der Waals surface area contributed by atoms with Gasteiger partial charge in [-0.15, -0.1) is 11.8 Å². The Morgan fingerprint density at radius 3 is 2.66 bits per heavy atom. The van der Waals surface area contributed by atoms with Gasteiger partial charge in [0.2, 0.25) is 11.8 Å². The van der Waals surface area contributed by atoms with E-state index < -0.39 is 4.92 Å². The zero-order chi connectivity index (χ0) is 22.5. The van der Waals surface area contributed by atoms with E-state index in [1.165, 1.54) is 23.9 Å². The number of nitrogens with zero attached hydrogens (tertiary/aromatic N) is 4. The maximum absolute atomic E-state index is 12.5. The van der Waals surface area contributed by atoms with Crippen LogP contribution in [0.1, 0.15) is 11.4 Å². The molecule has 0 bridgehead atoms. The monoisotopic (exact) mass is 449 g/mol. The molecule has 0 atom stereocenters. The second-order valence-corrected chi connectivity index (χ2v) is 7.89. The molecular weight excluding hydrogens is 430 g/mol. The van der Waals surface area contributed by atoms with Crippen LogP contribution >= 0.6 is 11.8 Å². The van der Waals surface area contributed by atoms with Crippen molar-refractivity contribution in [3.8, 4) is 17.1 Å². The van der Waals surface area contributed by atoms with Gasteiger partial charge in [0, 0.05) is 29.5 Å². The lowest BCUT2D eigenvalue weighted by Crippen LogP contribution is -2.17. The number of nitro benzene ring substituents is 1. The maximum Gasteiger partial charge on any atom is 0.269 e. The Bertz CT molecular complexity index is 1230. The van der Waals surface area contributed by atoms with Crippen molar-refractivity contribution in [1.82, 2.24) is 14.8 Å². The molecule has 1 N–H and O–H groups in total. The Morgan fingerprint density at radius 1 is 1.19 bits per heavy atom. The highest BCUT2D eigenvalue weighted by Gasteiger charge is 2.13. The normalized spacial score (nSPS) is 10.8. The Hall–Kier alpha value is -3.92. The van der Waals surface area contributed by atoms with E-state index in [1.807, 2.05) is 30.3 Å². The van der Waals surface area contributed by atoms with Gasteiger partial charge in [0.1, 0.15) is 12.1 Å². The number of thioether (sulfide) groups is 1. The molecule has 0 saturated heterocycles. The largest absolute Gasteiger partial charge is 0.444 e. The van der Waals surface area contributed by atoms with Crippen molar-refractivity contribution in [2.24, 2.45) is 0 Å². The Labute approximate surface area is 187 Å². The number of anilines is 1. The third-order valence-electron chi connectivity index (χ3n) is 4.46. The average Bonchev–Trinajstić information content (AvgIpc) is 3.41. The first-order chi connectivity index (χ1) is 15.5. The van der Waals surface area contributed by atoms with Gasteiger partial charge in [-0.05, 0) is 31.2 Å². The molecule has 162 valence electrons. The molecule has 2 aromatic carbocycles. The number of oxazole rings is 1. The number of rotatable bonds is 8. The van der Waals surface area contributed by atoms with Crippen LogP contribution in [0.2, 0.25) is 0 Å². The average molecular weight is 449 g/mol. The number of non-ortho nitro benzene ring substituents is 1. The minimum Gasteiger partial charge on any atom is -0.444 e. The molecular formula is C22H19N5O4S. The summed E-state index contributed by atoms with van der Waals surface area (Å²) in [5.41, 5.74) is 2.97. The zero-order valence-electron chi connectivity index (χ0n) is 17.1. The van der Waals surface area contributed by atoms with E-state index in [2.05, 4.69) is 15.4 Å². The van der Waals surface area contributed by atoms with Crippen LogP contribution in [0.25, 0.3) is 17.1 Å². The van der Waals surface area contributed by atoms with Crippen molar-refractivity contribution in [2.45, 2.75) is 12.7 Å². The molecule has 0 saturated carbocycles. The summed E-state index contributed by atoms with van der Waals surface area (Å²) >= 11 is 1.42. The van der Waals surface area contributed by atoms with Crippen LogP contribution in [0.3, 0.4) is 0 Å². The van der Waals surface area contributed by atoms with E-state index in [1.54, 1.807) is 36.1 Å². The molecule has 10 heteroatoms. The molecule has 4 aromatic rings. The molecule has 4 rings (SSSR count). The number of carbonyl (C=O) groups excluding carboxylic acids is 1. The molecule has 0 aliphatic rings. The molecule has 0 fully saturated rings. The number of aromatic nitrogens is 3. The predicted octanol–water partition coefficient (Wildman–Crippen LogP) is 4.62. The van der Waals surface area contributed by atoms with Crippen LogP contribution in [0.5, 0.6) is 0 Å². The quantitative estimate of drug-likeness (QED) is 0.308. The molecule has 0 radical (unpaired) electrons. The summed E-state index contributed by atoms with van der Waals surface area (Å²) in [7, 11) is 0. The lowest BCUT2D eigenvalue weighted by molar-refractivity contribution is -0.384. The summed E-state index contributed by atoms with van der Waals surface area (Å²) in [5, 5.41) is 18.1. The lowest BCUT2D eigenvalue weighted by Gasteiger charge is -2.08. The van der Waals surface area contributed by atoms with Crippen molar-refractivity contribution < 1.29 is 14.1 Å². The van der Waals surface area contributed by atoms with Crippen molar-refractivity contribution in [2.75, 3.05) is 11.1 Å². The maximum atomic E-state index is 12.5. The minimum atomic E-state index is -0.463. The summed E-state index contributed by atoms with van der Waals surface area (Å²) in [6, 6.07) is 17.3. The molecule has 2 aromatic heterocycles. The summed E-state index contributed by atoms with van der Waals surface area (Å²) in [6.45, 7) is 1.81. The standard InChI is InChI=1S/C22H19N5O4S/c1-15-11-20(26(25-15)18-7-9-19(10-8-18)27(29)30)24-21(28)14-32-13-17-12-31-22(23-17)16-5-3-2-4-6-16/h2-12H,13-14H2,1H3,(H,24,28). The zero-order valence-corrected chi connectivity index (χ0v) is 17.9. The molecule has 0 spiro atoms. The van der Waals surface area contributed by atoms with E-state index in [0.717, 1.165) is 11.3 Å². The highest BCUT2D eigenvalue weighted by molar-refractivity contribution is 7.99. The van der Waals surface area contributed by atoms with Crippen molar-refractivity contribution in [3.05, 3.63) is 88.4 Å². The predicted molar refractivity (Wildman–Crippen MR) is 122 cm³/mol. The van der Waals surface area contributed by atoms with Crippen LogP contribution in [0.4, 0.5) is 11.5 Å². The van der Waals surface area contributed by atoms with E-state index in [0.29, 0.717) is 28.8 Å². The topological polar surface area (TPSA) is 116 Å². The molecule has 0 unspecified atom stereocenters. The smallest absolute Gasteiger partial charge is 0.269 e. The number of aryl methyl sites for hydroxylation is 1. The fraction of sp³-hybridized carbons (Fsp3) is 0.136. The van der Waals surface area contributed by atoms with E-state index in [9.17, 15) is 14.9 Å². The molecule has 2 heterocycles. The molecule has 0 aliphatic heterocycles. The van der Waals surface area contributed by atoms with Crippen LogP contribution in [0, 0.1) is 17.0 Å². The molecule has 32 heavy (non-hydrogen) atoms. The van der Waals surface area contributed by atoms with Crippen molar-refractivity contribution in [1.29, 1.82) is 0 Å². The van der Waals surface area contributed by atoms with E-state index >= 15 is 0 Å². The number of nitrogens with one attached hydrogen (secondary N) is 1. The number of carbonyl (C=O) groups is 1. The summed E-state index contributed by atoms with van der Waals surface area (Å²) in [4.78, 5) is 27.3. The Kier molecular flexibility index (Phi) is 6.31. The molecule has 1 amide bonds. The van der Waals surface area contributed by atoms with Gasteiger partial charge in [0.05, 0.1) is 27.8 Å². The van der Waals surface area contributed by atoms with Gasteiger partial charge in [-0.3, -0.25) is 14.9 Å². The SMILES string of the molecule is Cc1cc(NC(=O)CSCc2coc(-c3ccccc3)n2)n(-c2ccc([N+](=O)[O-])cc2)n1. The summed E-state index contributed by atoms with van der Waals surface area (Å²) in [6.07, 6.45) is 1.60. The van der Waals surface area contributed by atoms with E-state index in [4.69, 9.17) is 4.42 Å². The number of nitro groups is 1. The van der Waals surface area contributed by atoms with Crippen LogP contribution in [-0.4, -0.2) is 31.3 Å².